The van der Waals surface area contributed by atoms with E-state index in [4.69, 9.17) is 37.2 Å². The lowest BCUT2D eigenvalue weighted by Gasteiger charge is -2.06. The highest BCUT2D eigenvalue weighted by molar-refractivity contribution is 6.36. The molecule has 0 N–H and O–H groups in total. The number of aromatic nitrogens is 3. The molecule has 0 bridgehead atoms. The molecule has 0 atom stereocenters. The van der Waals surface area contributed by atoms with Gasteiger partial charge in [0.25, 0.3) is 5.88 Å². The maximum absolute atomic E-state index is 6.28. The minimum absolute atomic E-state index is 0.378. The molecule has 3 aromatic rings. The minimum atomic E-state index is 0.378. The van der Waals surface area contributed by atoms with E-state index in [1.54, 1.807) is 32.2 Å². The number of aryl methyl sites for hydroxylation is 1. The highest BCUT2D eigenvalue weighted by Gasteiger charge is 2.20. The fraction of sp³-hybridized carbons (Fsp3) is 0.353. The quantitative estimate of drug-likeness (QED) is 0.552. The molecule has 0 spiro atoms. The molecule has 0 aliphatic carbocycles. The largest absolute Gasteiger partial charge is 0.475 e. The third-order valence-electron chi connectivity index (χ3n) is 3.57. The van der Waals surface area contributed by atoms with Crippen LogP contribution in [0.1, 0.15) is 18.7 Å². The van der Waals surface area contributed by atoms with Gasteiger partial charge in [0.05, 0.1) is 11.6 Å². The Bertz CT molecular complexity index is 883. The van der Waals surface area contributed by atoms with Gasteiger partial charge in [-0.2, -0.15) is 4.98 Å². The number of hydrogen-bond acceptors (Lipinski definition) is 6. The number of rotatable bonds is 7. The van der Waals surface area contributed by atoms with E-state index in [0.717, 1.165) is 12.8 Å². The first-order valence-electron chi connectivity index (χ1n) is 7.81. The van der Waals surface area contributed by atoms with E-state index in [9.17, 15) is 0 Å². The van der Waals surface area contributed by atoms with Crippen LogP contribution in [0.4, 0.5) is 0 Å². The lowest BCUT2D eigenvalue weighted by Crippen LogP contribution is -2.03. The highest BCUT2D eigenvalue weighted by atomic mass is 35.5. The zero-order valence-electron chi connectivity index (χ0n) is 13.9. The first-order chi connectivity index (χ1) is 12.1. The Hall–Kier alpha value is -1.89. The van der Waals surface area contributed by atoms with E-state index < -0.39 is 0 Å². The summed E-state index contributed by atoms with van der Waals surface area (Å²) >= 11 is 12.2. The standard InChI is InChI=1S/C17H17Cl2N3O3/c1-10-20-15-14(12-6-5-11(18)9-13(12)19)22-25-16(15)17(21-10)24-8-4-3-7-23-2/h5-6,9H,3-4,7-8H2,1-2H3. The van der Waals surface area contributed by atoms with E-state index in [2.05, 4.69) is 15.1 Å². The molecule has 0 saturated carbocycles. The third-order valence-corrected chi connectivity index (χ3v) is 4.11. The van der Waals surface area contributed by atoms with Crippen LogP contribution >= 0.6 is 23.2 Å². The summed E-state index contributed by atoms with van der Waals surface area (Å²) in [6.45, 7) is 2.99. The molecule has 0 radical (unpaired) electrons. The van der Waals surface area contributed by atoms with Crippen molar-refractivity contribution in [2.45, 2.75) is 19.8 Å². The Labute approximate surface area is 155 Å². The smallest absolute Gasteiger partial charge is 0.264 e. The first-order valence-corrected chi connectivity index (χ1v) is 8.57. The third kappa shape index (κ3) is 4.03. The molecule has 2 heterocycles. The number of fused-ring (bicyclic) bond motifs is 1. The fourth-order valence-corrected chi connectivity index (χ4v) is 2.89. The predicted molar refractivity (Wildman–Crippen MR) is 96.4 cm³/mol. The van der Waals surface area contributed by atoms with Gasteiger partial charge in [-0.1, -0.05) is 28.4 Å². The average Bonchev–Trinajstić information content (AvgIpc) is 2.98. The van der Waals surface area contributed by atoms with Crippen molar-refractivity contribution >= 4 is 34.3 Å². The van der Waals surface area contributed by atoms with Gasteiger partial charge >= 0.3 is 0 Å². The molecule has 25 heavy (non-hydrogen) atoms. The second-order valence-electron chi connectivity index (χ2n) is 5.46. The summed E-state index contributed by atoms with van der Waals surface area (Å²) in [5, 5.41) is 5.13. The van der Waals surface area contributed by atoms with Gasteiger partial charge < -0.3 is 14.0 Å². The van der Waals surface area contributed by atoms with Gasteiger partial charge in [-0.25, -0.2) is 4.98 Å². The normalized spacial score (nSPS) is 11.2. The summed E-state index contributed by atoms with van der Waals surface area (Å²) in [5.41, 5.74) is 2.18. The van der Waals surface area contributed by atoms with Gasteiger partial charge in [-0.3, -0.25) is 0 Å². The lowest BCUT2D eigenvalue weighted by molar-refractivity contribution is 0.183. The summed E-state index contributed by atoms with van der Waals surface area (Å²) in [6.07, 6.45) is 1.76. The second kappa shape index (κ2) is 7.99. The van der Waals surface area contributed by atoms with E-state index in [1.165, 1.54) is 0 Å². The summed E-state index contributed by atoms with van der Waals surface area (Å²) in [7, 11) is 1.68. The van der Waals surface area contributed by atoms with Gasteiger partial charge in [0.1, 0.15) is 17.0 Å². The SMILES string of the molecule is COCCCCOc1nc(C)nc2c(-c3ccc(Cl)cc3Cl)noc12. The van der Waals surface area contributed by atoms with Crippen LogP contribution in [0.25, 0.3) is 22.4 Å². The van der Waals surface area contributed by atoms with E-state index in [-0.39, 0.29) is 0 Å². The van der Waals surface area contributed by atoms with Gasteiger partial charge in [0.2, 0.25) is 5.58 Å². The van der Waals surface area contributed by atoms with Crippen molar-refractivity contribution in [2.24, 2.45) is 0 Å². The van der Waals surface area contributed by atoms with Crippen LogP contribution in [0.3, 0.4) is 0 Å². The molecule has 132 valence electrons. The molecule has 0 saturated heterocycles. The number of hydrogen-bond donors (Lipinski definition) is 0. The van der Waals surface area contributed by atoms with Crippen LogP contribution in [0.2, 0.25) is 10.0 Å². The molecule has 2 aromatic heterocycles. The minimum Gasteiger partial charge on any atom is -0.475 e. The van der Waals surface area contributed by atoms with Crippen molar-refractivity contribution in [1.82, 2.24) is 15.1 Å². The maximum Gasteiger partial charge on any atom is 0.264 e. The van der Waals surface area contributed by atoms with Crippen LogP contribution in [-0.4, -0.2) is 35.4 Å². The van der Waals surface area contributed by atoms with Gasteiger partial charge in [-0.05, 0) is 38.0 Å². The Morgan fingerprint density at radius 1 is 1.12 bits per heavy atom. The molecule has 0 amide bonds. The van der Waals surface area contributed by atoms with Crippen LogP contribution in [0, 0.1) is 6.92 Å². The van der Waals surface area contributed by atoms with Crippen molar-refractivity contribution in [1.29, 1.82) is 0 Å². The molecule has 0 aliphatic heterocycles. The number of methoxy groups -OCH3 is 1. The van der Waals surface area contributed by atoms with Gasteiger partial charge in [0, 0.05) is 24.3 Å². The Kier molecular flexibility index (Phi) is 5.73. The van der Waals surface area contributed by atoms with Crippen LogP contribution in [0.5, 0.6) is 5.88 Å². The van der Waals surface area contributed by atoms with E-state index >= 15 is 0 Å². The monoisotopic (exact) mass is 381 g/mol. The lowest BCUT2D eigenvalue weighted by atomic mass is 10.1. The second-order valence-corrected chi connectivity index (χ2v) is 6.30. The molecule has 1 aromatic carbocycles. The summed E-state index contributed by atoms with van der Waals surface area (Å²) in [5.74, 6) is 0.942. The van der Waals surface area contributed by atoms with Crippen LogP contribution in [0.15, 0.2) is 22.7 Å². The van der Waals surface area contributed by atoms with E-state index in [0.29, 0.717) is 57.3 Å². The maximum atomic E-state index is 6.28. The highest BCUT2D eigenvalue weighted by Crippen LogP contribution is 2.35. The topological polar surface area (TPSA) is 70.3 Å². The van der Waals surface area contributed by atoms with Crippen molar-refractivity contribution < 1.29 is 14.0 Å². The number of benzene rings is 1. The predicted octanol–water partition coefficient (Wildman–Crippen LogP) is 4.71. The molecular weight excluding hydrogens is 365 g/mol. The van der Waals surface area contributed by atoms with Gasteiger partial charge in [0.15, 0.2) is 0 Å². The molecule has 0 fully saturated rings. The zero-order valence-corrected chi connectivity index (χ0v) is 15.4. The average molecular weight is 382 g/mol. The Morgan fingerprint density at radius 3 is 2.68 bits per heavy atom. The number of nitrogens with zero attached hydrogens (tertiary/aromatic N) is 3. The van der Waals surface area contributed by atoms with Crippen molar-refractivity contribution in [3.05, 3.63) is 34.1 Å². The Balaban J connectivity index is 1.92. The zero-order chi connectivity index (χ0) is 17.8. The molecule has 0 aliphatic rings. The number of ether oxygens (including phenoxy) is 2. The molecular formula is C17H17Cl2N3O3. The van der Waals surface area contributed by atoms with Crippen LogP contribution in [-0.2, 0) is 4.74 Å². The molecule has 0 unspecified atom stereocenters. The Morgan fingerprint density at radius 2 is 1.92 bits per heavy atom. The molecule has 6 nitrogen and oxygen atoms in total. The summed E-state index contributed by atoms with van der Waals surface area (Å²) in [6, 6.07) is 5.18. The number of halogens is 2. The van der Waals surface area contributed by atoms with Crippen molar-refractivity contribution in [3.63, 3.8) is 0 Å². The van der Waals surface area contributed by atoms with Gasteiger partial charge in [-0.15, -0.1) is 0 Å². The van der Waals surface area contributed by atoms with E-state index in [1.807, 2.05) is 0 Å². The summed E-state index contributed by atoms with van der Waals surface area (Å²) in [4.78, 5) is 8.75. The number of unbranched alkanes of at least 4 members (excludes halogenated alkanes) is 1. The van der Waals surface area contributed by atoms with Crippen LogP contribution < -0.4 is 4.74 Å². The van der Waals surface area contributed by atoms with Crippen molar-refractivity contribution in [3.8, 4) is 17.1 Å². The fourth-order valence-electron chi connectivity index (χ4n) is 2.39. The molecule has 3 rings (SSSR count). The molecule has 8 heteroatoms. The summed E-state index contributed by atoms with van der Waals surface area (Å²) < 4.78 is 16.2. The van der Waals surface area contributed by atoms with Crippen molar-refractivity contribution in [2.75, 3.05) is 20.3 Å². The first kappa shape index (κ1) is 17.9.